The standard InChI is InChI=1S/C12H17BrN2O3/c1-7(14)12(16)15-6-8-4-10(17-2)11(18-3)5-9(8)13/h4-5,7H,6,14H2,1-3H3,(H,15,16)/t7-/m0/s1. The zero-order valence-electron chi connectivity index (χ0n) is 10.6. The van der Waals surface area contributed by atoms with Crippen molar-refractivity contribution < 1.29 is 14.3 Å². The summed E-state index contributed by atoms with van der Waals surface area (Å²) in [6, 6.07) is 3.08. The van der Waals surface area contributed by atoms with Crippen LogP contribution in [0.1, 0.15) is 12.5 Å². The zero-order chi connectivity index (χ0) is 13.7. The minimum atomic E-state index is -0.524. The van der Waals surface area contributed by atoms with Gasteiger partial charge in [0.25, 0.3) is 0 Å². The summed E-state index contributed by atoms with van der Waals surface area (Å²) in [7, 11) is 3.14. The predicted molar refractivity (Wildman–Crippen MR) is 72.7 cm³/mol. The molecule has 1 rings (SSSR count). The number of amides is 1. The van der Waals surface area contributed by atoms with Crippen LogP contribution in [0.2, 0.25) is 0 Å². The molecule has 0 aliphatic rings. The van der Waals surface area contributed by atoms with E-state index in [2.05, 4.69) is 21.2 Å². The number of carbonyl (C=O) groups is 1. The molecule has 0 bridgehead atoms. The molecule has 18 heavy (non-hydrogen) atoms. The summed E-state index contributed by atoms with van der Waals surface area (Å²) in [5, 5.41) is 2.74. The number of halogens is 1. The molecule has 6 heteroatoms. The number of benzene rings is 1. The van der Waals surface area contributed by atoms with Crippen molar-refractivity contribution in [2.45, 2.75) is 19.5 Å². The highest BCUT2D eigenvalue weighted by atomic mass is 79.9. The highest BCUT2D eigenvalue weighted by molar-refractivity contribution is 9.10. The Kier molecular flexibility index (Phi) is 5.43. The van der Waals surface area contributed by atoms with Crippen LogP contribution in [0.15, 0.2) is 16.6 Å². The number of hydrogen-bond donors (Lipinski definition) is 2. The molecule has 0 aliphatic carbocycles. The number of nitrogens with one attached hydrogen (secondary N) is 1. The highest BCUT2D eigenvalue weighted by Gasteiger charge is 2.11. The van der Waals surface area contributed by atoms with Crippen molar-refractivity contribution in [1.29, 1.82) is 0 Å². The topological polar surface area (TPSA) is 73.6 Å². The fourth-order valence-corrected chi connectivity index (χ4v) is 1.84. The van der Waals surface area contributed by atoms with Crippen molar-refractivity contribution in [3.05, 3.63) is 22.2 Å². The molecule has 0 saturated carbocycles. The molecule has 0 saturated heterocycles. The molecule has 0 aromatic heterocycles. The lowest BCUT2D eigenvalue weighted by atomic mass is 10.2. The van der Waals surface area contributed by atoms with E-state index < -0.39 is 6.04 Å². The van der Waals surface area contributed by atoms with E-state index >= 15 is 0 Å². The fraction of sp³-hybridized carbons (Fsp3) is 0.417. The Labute approximate surface area is 115 Å². The lowest BCUT2D eigenvalue weighted by molar-refractivity contribution is -0.122. The van der Waals surface area contributed by atoms with Gasteiger partial charge >= 0.3 is 0 Å². The molecule has 100 valence electrons. The van der Waals surface area contributed by atoms with E-state index in [9.17, 15) is 4.79 Å². The van der Waals surface area contributed by atoms with Crippen LogP contribution in [0.3, 0.4) is 0 Å². The summed E-state index contributed by atoms with van der Waals surface area (Å²) in [5.41, 5.74) is 6.36. The average Bonchev–Trinajstić information content (AvgIpc) is 2.36. The molecule has 1 aromatic rings. The number of ether oxygens (including phenoxy) is 2. The molecule has 0 radical (unpaired) electrons. The molecule has 1 amide bonds. The van der Waals surface area contributed by atoms with Crippen LogP contribution in [-0.4, -0.2) is 26.2 Å². The smallest absolute Gasteiger partial charge is 0.236 e. The number of carbonyl (C=O) groups excluding carboxylic acids is 1. The first-order valence-electron chi connectivity index (χ1n) is 5.43. The van der Waals surface area contributed by atoms with Crippen LogP contribution in [0.25, 0.3) is 0 Å². The SMILES string of the molecule is COc1cc(Br)c(CNC(=O)[C@H](C)N)cc1OC. The fourth-order valence-electron chi connectivity index (χ4n) is 1.38. The molecule has 0 heterocycles. The zero-order valence-corrected chi connectivity index (χ0v) is 12.2. The van der Waals surface area contributed by atoms with Gasteiger partial charge in [0.2, 0.25) is 5.91 Å². The first-order chi connectivity index (χ1) is 8.49. The molecule has 5 nitrogen and oxygen atoms in total. The third-order valence-electron chi connectivity index (χ3n) is 2.42. The predicted octanol–water partition coefficient (Wildman–Crippen LogP) is 1.43. The van der Waals surface area contributed by atoms with Crippen molar-refractivity contribution in [3.63, 3.8) is 0 Å². The Balaban J connectivity index is 2.86. The van der Waals surface area contributed by atoms with Gasteiger partial charge in [0.15, 0.2) is 11.5 Å². The monoisotopic (exact) mass is 316 g/mol. The highest BCUT2D eigenvalue weighted by Crippen LogP contribution is 2.33. The summed E-state index contributed by atoms with van der Waals surface area (Å²) >= 11 is 3.42. The molecule has 1 aromatic carbocycles. The van der Waals surface area contributed by atoms with Crippen LogP contribution in [0.4, 0.5) is 0 Å². The normalized spacial score (nSPS) is 11.8. The molecular weight excluding hydrogens is 300 g/mol. The van der Waals surface area contributed by atoms with E-state index in [1.54, 1.807) is 27.2 Å². The van der Waals surface area contributed by atoms with E-state index in [0.717, 1.165) is 10.0 Å². The van der Waals surface area contributed by atoms with Gasteiger partial charge in [0.1, 0.15) is 0 Å². The maximum Gasteiger partial charge on any atom is 0.236 e. The first kappa shape index (κ1) is 14.8. The lowest BCUT2D eigenvalue weighted by Crippen LogP contribution is -2.37. The summed E-state index contributed by atoms with van der Waals surface area (Å²) < 4.78 is 11.2. The van der Waals surface area contributed by atoms with E-state index in [0.29, 0.717) is 18.0 Å². The quantitative estimate of drug-likeness (QED) is 0.862. The minimum absolute atomic E-state index is 0.198. The van der Waals surface area contributed by atoms with Crippen LogP contribution >= 0.6 is 15.9 Å². The van der Waals surface area contributed by atoms with Gasteiger partial charge in [0, 0.05) is 11.0 Å². The second kappa shape index (κ2) is 6.61. The molecular formula is C12H17BrN2O3. The summed E-state index contributed by atoms with van der Waals surface area (Å²) in [6.07, 6.45) is 0. The van der Waals surface area contributed by atoms with Crippen LogP contribution in [-0.2, 0) is 11.3 Å². The minimum Gasteiger partial charge on any atom is -0.493 e. The summed E-state index contributed by atoms with van der Waals surface area (Å²) in [4.78, 5) is 11.4. The van der Waals surface area contributed by atoms with Gasteiger partial charge in [-0.05, 0) is 24.6 Å². The second-order valence-corrected chi connectivity index (χ2v) is 4.66. The van der Waals surface area contributed by atoms with Gasteiger partial charge in [-0.1, -0.05) is 15.9 Å². The van der Waals surface area contributed by atoms with E-state index in [-0.39, 0.29) is 5.91 Å². The molecule has 0 aliphatic heterocycles. The summed E-state index contributed by atoms with van der Waals surface area (Å²) in [5.74, 6) is 1.05. The Bertz CT molecular complexity index is 436. The van der Waals surface area contributed by atoms with Crippen LogP contribution in [0, 0.1) is 0 Å². The van der Waals surface area contributed by atoms with Crippen molar-refractivity contribution in [1.82, 2.24) is 5.32 Å². The van der Waals surface area contributed by atoms with Gasteiger partial charge < -0.3 is 20.5 Å². The van der Waals surface area contributed by atoms with E-state index in [1.807, 2.05) is 6.07 Å². The molecule has 1 atom stereocenters. The Morgan fingerprint density at radius 3 is 2.44 bits per heavy atom. The molecule has 0 unspecified atom stereocenters. The molecule has 0 fully saturated rings. The van der Waals surface area contributed by atoms with E-state index in [1.165, 1.54) is 0 Å². The van der Waals surface area contributed by atoms with Crippen LogP contribution in [0.5, 0.6) is 11.5 Å². The maximum absolute atomic E-state index is 11.4. The third-order valence-corrected chi connectivity index (χ3v) is 3.16. The maximum atomic E-state index is 11.4. The Hall–Kier alpha value is -1.27. The van der Waals surface area contributed by atoms with Crippen molar-refractivity contribution in [3.8, 4) is 11.5 Å². The number of methoxy groups -OCH3 is 2. The number of hydrogen-bond acceptors (Lipinski definition) is 4. The van der Waals surface area contributed by atoms with Gasteiger partial charge in [-0.2, -0.15) is 0 Å². The largest absolute Gasteiger partial charge is 0.493 e. The Morgan fingerprint density at radius 2 is 1.94 bits per heavy atom. The lowest BCUT2D eigenvalue weighted by Gasteiger charge is -2.13. The van der Waals surface area contributed by atoms with Crippen molar-refractivity contribution in [2.24, 2.45) is 5.73 Å². The molecule has 0 spiro atoms. The first-order valence-corrected chi connectivity index (χ1v) is 6.22. The summed E-state index contributed by atoms with van der Waals surface area (Å²) in [6.45, 7) is 2.01. The second-order valence-electron chi connectivity index (χ2n) is 3.81. The average molecular weight is 317 g/mol. The van der Waals surface area contributed by atoms with Crippen molar-refractivity contribution >= 4 is 21.8 Å². The Morgan fingerprint density at radius 1 is 1.39 bits per heavy atom. The van der Waals surface area contributed by atoms with Gasteiger partial charge in [-0.15, -0.1) is 0 Å². The van der Waals surface area contributed by atoms with Gasteiger partial charge in [0.05, 0.1) is 20.3 Å². The van der Waals surface area contributed by atoms with Crippen molar-refractivity contribution in [2.75, 3.05) is 14.2 Å². The molecule has 3 N–H and O–H groups in total. The van der Waals surface area contributed by atoms with Crippen LogP contribution < -0.4 is 20.5 Å². The van der Waals surface area contributed by atoms with Gasteiger partial charge in [-0.25, -0.2) is 0 Å². The number of rotatable bonds is 5. The number of nitrogens with two attached hydrogens (primary N) is 1. The van der Waals surface area contributed by atoms with Gasteiger partial charge in [-0.3, -0.25) is 4.79 Å². The third kappa shape index (κ3) is 3.61. The van der Waals surface area contributed by atoms with E-state index in [4.69, 9.17) is 15.2 Å².